The average Bonchev–Trinajstić information content (AvgIpc) is 2.55. The Balaban J connectivity index is 1.79. The maximum absolute atomic E-state index is 11.9. The minimum atomic E-state index is -0.679. The van der Waals surface area contributed by atoms with E-state index < -0.39 is 6.03 Å². The van der Waals surface area contributed by atoms with Gasteiger partial charge in [0.25, 0.3) is 5.91 Å². The van der Waals surface area contributed by atoms with E-state index in [0.29, 0.717) is 16.9 Å². The molecule has 7 nitrogen and oxygen atoms in total. The van der Waals surface area contributed by atoms with Gasteiger partial charge in [-0.15, -0.1) is 0 Å². The molecule has 0 radical (unpaired) electrons. The third-order valence-electron chi connectivity index (χ3n) is 3.09. The van der Waals surface area contributed by atoms with Crippen LogP contribution in [0.4, 0.5) is 16.2 Å². The predicted molar refractivity (Wildman–Crippen MR) is 91.7 cm³/mol. The zero-order valence-electron chi connectivity index (χ0n) is 12.9. The first-order valence-corrected chi connectivity index (χ1v) is 7.34. The Labute approximate surface area is 139 Å². The number of hydrogen-bond donors (Lipinski definition) is 4. The summed E-state index contributed by atoms with van der Waals surface area (Å²) in [6.45, 7) is 0.221. The number of nitrogens with two attached hydrogens (primary N) is 1. The molecule has 24 heavy (non-hydrogen) atoms. The smallest absolute Gasteiger partial charge is 0.316 e. The van der Waals surface area contributed by atoms with Gasteiger partial charge in [0, 0.05) is 29.9 Å². The standard InChI is InChI=1S/C17H18N4O3/c18-17(24)21-14-8-4-7-13(11-14)20-15(22)9-10-19-16(23)12-5-2-1-3-6-12/h1-8,11H,9-10H2,(H,19,23)(H,20,22)(H3,18,21,24). The molecule has 0 aliphatic heterocycles. The van der Waals surface area contributed by atoms with Crippen molar-refractivity contribution in [3.63, 3.8) is 0 Å². The lowest BCUT2D eigenvalue weighted by molar-refractivity contribution is -0.116. The van der Waals surface area contributed by atoms with Crippen molar-refractivity contribution in [3.05, 3.63) is 60.2 Å². The van der Waals surface area contributed by atoms with Crippen LogP contribution in [-0.2, 0) is 4.79 Å². The van der Waals surface area contributed by atoms with Crippen LogP contribution < -0.4 is 21.7 Å². The fourth-order valence-electron chi connectivity index (χ4n) is 2.02. The third-order valence-corrected chi connectivity index (χ3v) is 3.09. The van der Waals surface area contributed by atoms with E-state index >= 15 is 0 Å². The Bertz CT molecular complexity index is 732. The van der Waals surface area contributed by atoms with Gasteiger partial charge in [-0.1, -0.05) is 24.3 Å². The first kappa shape index (κ1) is 17.0. The van der Waals surface area contributed by atoms with Crippen LogP contribution >= 0.6 is 0 Å². The Kier molecular flexibility index (Phi) is 5.90. The highest BCUT2D eigenvalue weighted by Gasteiger charge is 2.07. The first-order valence-electron chi connectivity index (χ1n) is 7.34. The van der Waals surface area contributed by atoms with Gasteiger partial charge in [-0.25, -0.2) is 4.79 Å². The van der Waals surface area contributed by atoms with Crippen LogP contribution in [-0.4, -0.2) is 24.4 Å². The summed E-state index contributed by atoms with van der Waals surface area (Å²) >= 11 is 0. The minimum absolute atomic E-state index is 0.131. The van der Waals surface area contributed by atoms with Gasteiger partial charge in [-0.2, -0.15) is 0 Å². The van der Waals surface area contributed by atoms with E-state index in [-0.39, 0.29) is 24.8 Å². The molecule has 0 saturated carbocycles. The summed E-state index contributed by atoms with van der Waals surface area (Å²) < 4.78 is 0. The molecule has 0 saturated heterocycles. The van der Waals surface area contributed by atoms with Crippen molar-refractivity contribution in [1.82, 2.24) is 5.32 Å². The van der Waals surface area contributed by atoms with Gasteiger partial charge in [-0.05, 0) is 30.3 Å². The number of rotatable bonds is 6. The molecule has 0 bridgehead atoms. The zero-order chi connectivity index (χ0) is 17.4. The molecular formula is C17H18N4O3. The van der Waals surface area contributed by atoms with Crippen LogP contribution in [0.3, 0.4) is 0 Å². The Morgan fingerprint density at radius 3 is 2.21 bits per heavy atom. The Morgan fingerprint density at radius 1 is 0.875 bits per heavy atom. The van der Waals surface area contributed by atoms with E-state index in [1.807, 2.05) is 6.07 Å². The minimum Gasteiger partial charge on any atom is -0.352 e. The molecule has 5 N–H and O–H groups in total. The summed E-state index contributed by atoms with van der Waals surface area (Å²) in [7, 11) is 0. The second-order valence-corrected chi connectivity index (χ2v) is 4.99. The molecule has 7 heteroatoms. The van der Waals surface area contributed by atoms with Crippen molar-refractivity contribution in [2.24, 2.45) is 5.73 Å². The van der Waals surface area contributed by atoms with Gasteiger partial charge in [0.1, 0.15) is 0 Å². The molecule has 0 spiro atoms. The van der Waals surface area contributed by atoms with Crippen LogP contribution in [0.2, 0.25) is 0 Å². The summed E-state index contributed by atoms with van der Waals surface area (Å²) in [5, 5.41) is 7.79. The molecule has 0 unspecified atom stereocenters. The third kappa shape index (κ3) is 5.45. The molecule has 2 aromatic carbocycles. The van der Waals surface area contributed by atoms with E-state index in [1.165, 1.54) is 0 Å². The van der Waals surface area contributed by atoms with Gasteiger partial charge >= 0.3 is 6.03 Å². The number of hydrogen-bond acceptors (Lipinski definition) is 3. The van der Waals surface area contributed by atoms with Gasteiger partial charge in [0.2, 0.25) is 5.91 Å². The molecule has 0 heterocycles. The maximum Gasteiger partial charge on any atom is 0.316 e. The lowest BCUT2D eigenvalue weighted by atomic mass is 10.2. The van der Waals surface area contributed by atoms with Gasteiger partial charge in [0.05, 0.1) is 0 Å². The normalized spacial score (nSPS) is 9.83. The Hall–Kier alpha value is -3.35. The Morgan fingerprint density at radius 2 is 1.54 bits per heavy atom. The molecule has 0 fully saturated rings. The first-order chi connectivity index (χ1) is 11.5. The van der Waals surface area contributed by atoms with Crippen LogP contribution in [0.15, 0.2) is 54.6 Å². The van der Waals surface area contributed by atoms with E-state index in [9.17, 15) is 14.4 Å². The lowest BCUT2D eigenvalue weighted by Gasteiger charge is -2.08. The topological polar surface area (TPSA) is 113 Å². The largest absolute Gasteiger partial charge is 0.352 e. The van der Waals surface area contributed by atoms with Crippen LogP contribution in [0, 0.1) is 0 Å². The molecule has 2 aromatic rings. The molecular weight excluding hydrogens is 308 g/mol. The average molecular weight is 326 g/mol. The number of anilines is 2. The van der Waals surface area contributed by atoms with Crippen molar-refractivity contribution in [1.29, 1.82) is 0 Å². The van der Waals surface area contributed by atoms with E-state index in [0.717, 1.165) is 0 Å². The fourth-order valence-corrected chi connectivity index (χ4v) is 2.02. The lowest BCUT2D eigenvalue weighted by Crippen LogP contribution is -2.27. The number of amides is 4. The molecule has 124 valence electrons. The van der Waals surface area contributed by atoms with Crippen LogP contribution in [0.5, 0.6) is 0 Å². The second-order valence-electron chi connectivity index (χ2n) is 4.99. The summed E-state index contributed by atoms with van der Waals surface area (Å²) in [5.41, 5.74) is 6.60. The highest BCUT2D eigenvalue weighted by atomic mass is 16.2. The highest BCUT2D eigenvalue weighted by molar-refractivity contribution is 5.95. The zero-order valence-corrected chi connectivity index (χ0v) is 12.9. The van der Waals surface area contributed by atoms with Gasteiger partial charge in [0.15, 0.2) is 0 Å². The van der Waals surface area contributed by atoms with Crippen molar-refractivity contribution >= 4 is 29.2 Å². The van der Waals surface area contributed by atoms with Gasteiger partial charge in [-0.3, -0.25) is 9.59 Å². The fraction of sp³-hybridized carbons (Fsp3) is 0.118. The molecule has 0 aromatic heterocycles. The van der Waals surface area contributed by atoms with Gasteiger partial charge < -0.3 is 21.7 Å². The van der Waals surface area contributed by atoms with Crippen molar-refractivity contribution in [3.8, 4) is 0 Å². The molecule has 4 amide bonds. The number of benzene rings is 2. The summed E-state index contributed by atoms with van der Waals surface area (Å²) in [4.78, 5) is 34.5. The summed E-state index contributed by atoms with van der Waals surface area (Å²) in [6, 6.07) is 14.7. The highest BCUT2D eigenvalue weighted by Crippen LogP contribution is 2.14. The SMILES string of the molecule is NC(=O)Nc1cccc(NC(=O)CCNC(=O)c2ccccc2)c1. The number of nitrogens with one attached hydrogen (secondary N) is 3. The molecule has 0 atom stereocenters. The van der Waals surface area contributed by atoms with E-state index in [2.05, 4.69) is 16.0 Å². The van der Waals surface area contributed by atoms with Crippen LogP contribution in [0.1, 0.15) is 16.8 Å². The second kappa shape index (κ2) is 8.33. The number of carbonyl (C=O) groups excluding carboxylic acids is 3. The van der Waals surface area contributed by atoms with Crippen molar-refractivity contribution in [2.45, 2.75) is 6.42 Å². The van der Waals surface area contributed by atoms with Crippen molar-refractivity contribution in [2.75, 3.05) is 17.2 Å². The van der Waals surface area contributed by atoms with Crippen LogP contribution in [0.25, 0.3) is 0 Å². The van der Waals surface area contributed by atoms with Crippen molar-refractivity contribution < 1.29 is 14.4 Å². The molecule has 0 aliphatic carbocycles. The number of carbonyl (C=O) groups is 3. The summed E-state index contributed by atoms with van der Waals surface area (Å²) in [6.07, 6.45) is 0.131. The summed E-state index contributed by atoms with van der Waals surface area (Å²) in [5.74, 6) is -0.476. The molecule has 0 aliphatic rings. The van der Waals surface area contributed by atoms with E-state index in [1.54, 1.807) is 48.5 Å². The monoisotopic (exact) mass is 326 g/mol. The van der Waals surface area contributed by atoms with E-state index in [4.69, 9.17) is 5.73 Å². The maximum atomic E-state index is 11.9. The number of urea groups is 1. The number of primary amides is 1. The predicted octanol–water partition coefficient (Wildman–Crippen LogP) is 1.94. The quantitative estimate of drug-likeness (QED) is 0.650. The molecule has 2 rings (SSSR count).